The molecule has 0 radical (unpaired) electrons. The van der Waals surface area contributed by atoms with Gasteiger partial charge in [-0.25, -0.2) is 4.98 Å². The Labute approximate surface area is 128 Å². The first-order valence-corrected chi connectivity index (χ1v) is 7.69. The van der Waals surface area contributed by atoms with Gasteiger partial charge in [0.1, 0.15) is 18.1 Å². The number of ether oxygens (including phenoxy) is 1. The molecule has 0 spiro atoms. The van der Waals surface area contributed by atoms with Crippen LogP contribution >= 0.6 is 11.3 Å². The Morgan fingerprint density at radius 1 is 1.48 bits per heavy atom. The van der Waals surface area contributed by atoms with E-state index in [9.17, 15) is 4.79 Å². The fraction of sp³-hybridized carbons (Fsp3) is 0.333. The zero-order chi connectivity index (χ0) is 15.1. The molecular weight excluding hydrogens is 286 g/mol. The zero-order valence-electron chi connectivity index (χ0n) is 12.0. The number of hydrogen-bond acceptors (Lipinski definition) is 5. The SMILES string of the molecule is Cc1cccc(OCCNC(=O)c2csc(CCN)n2)c1. The van der Waals surface area contributed by atoms with Crippen molar-refractivity contribution in [2.24, 2.45) is 5.73 Å². The van der Waals surface area contributed by atoms with E-state index in [1.54, 1.807) is 5.38 Å². The molecule has 0 fully saturated rings. The highest BCUT2D eigenvalue weighted by atomic mass is 32.1. The summed E-state index contributed by atoms with van der Waals surface area (Å²) in [5.41, 5.74) is 7.05. The van der Waals surface area contributed by atoms with Gasteiger partial charge >= 0.3 is 0 Å². The van der Waals surface area contributed by atoms with Crippen LogP contribution in [0.3, 0.4) is 0 Å². The van der Waals surface area contributed by atoms with Gasteiger partial charge in [-0.2, -0.15) is 0 Å². The number of carbonyl (C=O) groups excluding carboxylic acids is 1. The van der Waals surface area contributed by atoms with Crippen LogP contribution in [-0.2, 0) is 6.42 Å². The van der Waals surface area contributed by atoms with Crippen LogP contribution < -0.4 is 15.8 Å². The van der Waals surface area contributed by atoms with E-state index < -0.39 is 0 Å². The molecule has 2 aromatic rings. The number of benzene rings is 1. The number of nitrogens with zero attached hydrogens (tertiary/aromatic N) is 1. The fourth-order valence-corrected chi connectivity index (χ4v) is 2.58. The summed E-state index contributed by atoms with van der Waals surface area (Å²) < 4.78 is 5.57. The Kier molecular flexibility index (Phi) is 5.71. The summed E-state index contributed by atoms with van der Waals surface area (Å²) in [5, 5.41) is 5.43. The number of hydrogen-bond donors (Lipinski definition) is 2. The van der Waals surface area contributed by atoms with Crippen molar-refractivity contribution in [2.45, 2.75) is 13.3 Å². The van der Waals surface area contributed by atoms with E-state index in [0.717, 1.165) is 16.3 Å². The molecule has 0 aliphatic carbocycles. The lowest BCUT2D eigenvalue weighted by Gasteiger charge is -2.07. The molecule has 6 heteroatoms. The van der Waals surface area contributed by atoms with Crippen LogP contribution in [0, 0.1) is 6.92 Å². The Hall–Kier alpha value is -1.92. The molecule has 1 amide bonds. The van der Waals surface area contributed by atoms with Gasteiger partial charge in [-0.15, -0.1) is 11.3 Å². The molecule has 1 heterocycles. The van der Waals surface area contributed by atoms with Crippen LogP contribution in [0.15, 0.2) is 29.6 Å². The molecule has 112 valence electrons. The first-order valence-electron chi connectivity index (χ1n) is 6.81. The summed E-state index contributed by atoms with van der Waals surface area (Å²) in [6.45, 7) is 3.42. The van der Waals surface area contributed by atoms with Crippen molar-refractivity contribution in [1.29, 1.82) is 0 Å². The summed E-state index contributed by atoms with van der Waals surface area (Å²) in [6.07, 6.45) is 0.703. The average molecular weight is 305 g/mol. The lowest BCUT2D eigenvalue weighted by atomic mass is 10.2. The van der Waals surface area contributed by atoms with Crippen LogP contribution in [-0.4, -0.2) is 30.6 Å². The van der Waals surface area contributed by atoms with Crippen LogP contribution in [0.2, 0.25) is 0 Å². The van der Waals surface area contributed by atoms with E-state index in [1.807, 2.05) is 31.2 Å². The normalized spacial score (nSPS) is 10.4. The standard InChI is InChI=1S/C15H19N3O2S/c1-11-3-2-4-12(9-11)20-8-7-17-15(19)13-10-21-14(18-13)5-6-16/h2-4,9-10H,5-8,16H2,1H3,(H,17,19). The maximum atomic E-state index is 11.9. The van der Waals surface area contributed by atoms with E-state index in [1.165, 1.54) is 11.3 Å². The van der Waals surface area contributed by atoms with Crippen LogP contribution in [0.4, 0.5) is 0 Å². The molecule has 5 nitrogen and oxygen atoms in total. The van der Waals surface area contributed by atoms with Crippen molar-refractivity contribution in [1.82, 2.24) is 10.3 Å². The van der Waals surface area contributed by atoms with Gasteiger partial charge in [0.05, 0.1) is 11.6 Å². The quantitative estimate of drug-likeness (QED) is 0.764. The van der Waals surface area contributed by atoms with Crippen LogP contribution in [0.1, 0.15) is 21.1 Å². The predicted molar refractivity (Wildman–Crippen MR) is 83.9 cm³/mol. The van der Waals surface area contributed by atoms with Gasteiger partial charge in [0.2, 0.25) is 0 Å². The Morgan fingerprint density at radius 3 is 3.10 bits per heavy atom. The summed E-state index contributed by atoms with van der Waals surface area (Å²) in [4.78, 5) is 16.1. The molecule has 0 saturated heterocycles. The number of nitrogens with two attached hydrogens (primary N) is 1. The highest BCUT2D eigenvalue weighted by Crippen LogP contribution is 2.12. The lowest BCUT2D eigenvalue weighted by molar-refractivity contribution is 0.0942. The molecule has 0 bridgehead atoms. The Bertz CT molecular complexity index is 598. The first kappa shape index (κ1) is 15.5. The van der Waals surface area contributed by atoms with Crippen molar-refractivity contribution in [3.63, 3.8) is 0 Å². The molecule has 3 N–H and O–H groups in total. The van der Waals surface area contributed by atoms with Crippen LogP contribution in [0.5, 0.6) is 5.75 Å². The minimum absolute atomic E-state index is 0.178. The predicted octanol–water partition coefficient (Wildman–Crippen LogP) is 1.76. The van der Waals surface area contributed by atoms with Gasteiger partial charge in [0.25, 0.3) is 5.91 Å². The van der Waals surface area contributed by atoms with Crippen molar-refractivity contribution in [3.05, 3.63) is 45.9 Å². The first-order chi connectivity index (χ1) is 10.2. The van der Waals surface area contributed by atoms with Gasteiger partial charge < -0.3 is 15.8 Å². The molecule has 0 aliphatic heterocycles. The molecule has 0 atom stereocenters. The number of amides is 1. The van der Waals surface area contributed by atoms with Crippen molar-refractivity contribution < 1.29 is 9.53 Å². The third-order valence-electron chi connectivity index (χ3n) is 2.79. The highest BCUT2D eigenvalue weighted by Gasteiger charge is 2.09. The number of aromatic nitrogens is 1. The molecule has 1 aromatic carbocycles. The van der Waals surface area contributed by atoms with Crippen molar-refractivity contribution in [2.75, 3.05) is 19.7 Å². The molecule has 2 rings (SSSR count). The second-order valence-corrected chi connectivity index (χ2v) is 5.53. The van der Waals surface area contributed by atoms with E-state index >= 15 is 0 Å². The second-order valence-electron chi connectivity index (χ2n) is 4.59. The van der Waals surface area contributed by atoms with Crippen molar-refractivity contribution in [3.8, 4) is 5.75 Å². The molecule has 0 saturated carbocycles. The summed E-state index contributed by atoms with van der Waals surface area (Å²) >= 11 is 1.46. The molecule has 0 unspecified atom stereocenters. The largest absolute Gasteiger partial charge is 0.492 e. The molecular formula is C15H19N3O2S. The topological polar surface area (TPSA) is 77.2 Å². The van der Waals surface area contributed by atoms with Gasteiger partial charge in [-0.05, 0) is 31.2 Å². The van der Waals surface area contributed by atoms with Gasteiger partial charge in [0.15, 0.2) is 0 Å². The molecule has 1 aromatic heterocycles. The van der Waals surface area contributed by atoms with Crippen LogP contribution in [0.25, 0.3) is 0 Å². The monoisotopic (exact) mass is 305 g/mol. The maximum absolute atomic E-state index is 11.9. The smallest absolute Gasteiger partial charge is 0.270 e. The highest BCUT2D eigenvalue weighted by molar-refractivity contribution is 7.09. The molecule has 21 heavy (non-hydrogen) atoms. The van der Waals surface area contributed by atoms with E-state index in [-0.39, 0.29) is 5.91 Å². The number of nitrogens with one attached hydrogen (secondary N) is 1. The summed E-state index contributed by atoms with van der Waals surface area (Å²) in [6, 6.07) is 7.81. The maximum Gasteiger partial charge on any atom is 0.270 e. The van der Waals surface area contributed by atoms with Crippen molar-refractivity contribution >= 4 is 17.2 Å². The third kappa shape index (κ3) is 4.84. The molecule has 0 aliphatic rings. The third-order valence-corrected chi connectivity index (χ3v) is 3.70. The number of rotatable bonds is 7. The fourth-order valence-electron chi connectivity index (χ4n) is 1.78. The minimum Gasteiger partial charge on any atom is -0.492 e. The van der Waals surface area contributed by atoms with Gasteiger partial charge in [0, 0.05) is 11.8 Å². The number of carbonyl (C=O) groups is 1. The van der Waals surface area contributed by atoms with E-state index in [2.05, 4.69) is 10.3 Å². The van der Waals surface area contributed by atoms with E-state index in [4.69, 9.17) is 10.5 Å². The van der Waals surface area contributed by atoms with Gasteiger partial charge in [-0.1, -0.05) is 12.1 Å². The summed E-state index contributed by atoms with van der Waals surface area (Å²) in [5.74, 6) is 0.630. The minimum atomic E-state index is -0.178. The average Bonchev–Trinajstić information content (AvgIpc) is 2.93. The van der Waals surface area contributed by atoms with E-state index in [0.29, 0.717) is 31.8 Å². The lowest BCUT2D eigenvalue weighted by Crippen LogP contribution is -2.28. The number of thiazole rings is 1. The number of aryl methyl sites for hydroxylation is 1. The Morgan fingerprint density at radius 2 is 2.33 bits per heavy atom. The Balaban J connectivity index is 1.73. The van der Waals surface area contributed by atoms with Gasteiger partial charge in [-0.3, -0.25) is 4.79 Å². The summed E-state index contributed by atoms with van der Waals surface area (Å²) in [7, 11) is 0. The zero-order valence-corrected chi connectivity index (χ0v) is 12.8. The second kappa shape index (κ2) is 7.75.